The van der Waals surface area contributed by atoms with Crippen LogP contribution in [0.2, 0.25) is 5.02 Å². The van der Waals surface area contributed by atoms with E-state index in [0.29, 0.717) is 28.9 Å². The highest BCUT2D eigenvalue weighted by molar-refractivity contribution is 6.30. The number of carbonyl (C=O) groups excluding carboxylic acids is 1. The van der Waals surface area contributed by atoms with Gasteiger partial charge in [0.2, 0.25) is 0 Å². The molecule has 86 valence electrons. The van der Waals surface area contributed by atoms with Crippen LogP contribution in [0.4, 0.5) is 0 Å². The van der Waals surface area contributed by atoms with Crippen LogP contribution >= 0.6 is 11.6 Å². The van der Waals surface area contributed by atoms with Gasteiger partial charge >= 0.3 is 5.97 Å². The largest absolute Gasteiger partial charge is 0.492 e. The van der Waals surface area contributed by atoms with E-state index >= 15 is 0 Å². The van der Waals surface area contributed by atoms with E-state index in [9.17, 15) is 4.79 Å². The molecule has 1 fully saturated rings. The quantitative estimate of drug-likeness (QED) is 0.759. The monoisotopic (exact) mass is 240 g/mol. The van der Waals surface area contributed by atoms with Gasteiger partial charge in [-0.15, -0.1) is 0 Å². The van der Waals surface area contributed by atoms with Crippen molar-refractivity contribution < 1.29 is 14.3 Å². The van der Waals surface area contributed by atoms with Gasteiger partial charge < -0.3 is 9.47 Å². The first kappa shape index (κ1) is 11.3. The van der Waals surface area contributed by atoms with E-state index in [4.69, 9.17) is 16.3 Å². The highest BCUT2D eigenvalue weighted by Crippen LogP contribution is 2.31. The van der Waals surface area contributed by atoms with E-state index in [1.54, 1.807) is 18.2 Å². The van der Waals surface area contributed by atoms with E-state index in [2.05, 4.69) is 4.74 Å². The summed E-state index contributed by atoms with van der Waals surface area (Å²) in [5.41, 5.74) is 0.424. The minimum absolute atomic E-state index is 0.400. The molecule has 16 heavy (non-hydrogen) atoms. The van der Waals surface area contributed by atoms with Crippen molar-refractivity contribution in [3.05, 3.63) is 28.8 Å². The normalized spacial score (nSPS) is 14.6. The lowest BCUT2D eigenvalue weighted by atomic mass is 10.2. The second-order valence-electron chi connectivity index (χ2n) is 3.89. The fourth-order valence-electron chi connectivity index (χ4n) is 1.39. The standard InChI is InChI=1S/C12H13ClO3/c1-15-12(14)10-5-4-9(13)6-11(10)16-7-8-2-3-8/h4-6,8H,2-3,7H2,1H3. The summed E-state index contributed by atoms with van der Waals surface area (Å²) in [6, 6.07) is 4.92. The number of carbonyl (C=O) groups is 1. The van der Waals surface area contributed by atoms with E-state index in [1.807, 2.05) is 0 Å². The number of halogens is 1. The molecule has 0 N–H and O–H groups in total. The van der Waals surface area contributed by atoms with Gasteiger partial charge in [-0.25, -0.2) is 4.79 Å². The Labute approximate surface area is 99.3 Å². The topological polar surface area (TPSA) is 35.5 Å². The predicted octanol–water partition coefficient (Wildman–Crippen LogP) is 2.92. The van der Waals surface area contributed by atoms with Gasteiger partial charge in [-0.2, -0.15) is 0 Å². The second kappa shape index (κ2) is 4.74. The first-order valence-electron chi connectivity index (χ1n) is 5.21. The number of hydrogen-bond donors (Lipinski definition) is 0. The molecule has 1 aromatic carbocycles. The van der Waals surface area contributed by atoms with E-state index < -0.39 is 5.97 Å². The smallest absolute Gasteiger partial charge is 0.341 e. The van der Waals surface area contributed by atoms with Crippen LogP contribution < -0.4 is 4.74 Å². The Morgan fingerprint density at radius 1 is 1.50 bits per heavy atom. The molecule has 1 aromatic rings. The fourth-order valence-corrected chi connectivity index (χ4v) is 1.55. The maximum atomic E-state index is 11.5. The van der Waals surface area contributed by atoms with Crippen LogP contribution in [-0.2, 0) is 4.74 Å². The Kier molecular flexibility index (Phi) is 3.34. The summed E-state index contributed by atoms with van der Waals surface area (Å²) in [6.45, 7) is 0.643. The van der Waals surface area contributed by atoms with Crippen LogP contribution in [0.1, 0.15) is 23.2 Å². The maximum Gasteiger partial charge on any atom is 0.341 e. The molecule has 1 saturated carbocycles. The molecule has 1 aliphatic carbocycles. The van der Waals surface area contributed by atoms with Crippen LogP contribution in [-0.4, -0.2) is 19.7 Å². The zero-order valence-electron chi connectivity index (χ0n) is 9.03. The van der Waals surface area contributed by atoms with Crippen molar-refractivity contribution in [2.75, 3.05) is 13.7 Å². The average molecular weight is 241 g/mol. The van der Waals surface area contributed by atoms with Crippen molar-refractivity contribution in [3.8, 4) is 5.75 Å². The molecule has 0 unspecified atom stereocenters. The minimum atomic E-state index is -0.400. The molecule has 2 rings (SSSR count). The number of ether oxygens (including phenoxy) is 2. The molecule has 3 nitrogen and oxygen atoms in total. The molecular weight excluding hydrogens is 228 g/mol. The first-order valence-corrected chi connectivity index (χ1v) is 5.59. The Morgan fingerprint density at radius 2 is 2.25 bits per heavy atom. The lowest BCUT2D eigenvalue weighted by Gasteiger charge is -2.10. The van der Waals surface area contributed by atoms with Gasteiger partial charge in [0.05, 0.1) is 13.7 Å². The Hall–Kier alpha value is -1.22. The summed E-state index contributed by atoms with van der Waals surface area (Å²) >= 11 is 5.86. The van der Waals surface area contributed by atoms with E-state index in [1.165, 1.54) is 20.0 Å². The van der Waals surface area contributed by atoms with Gasteiger partial charge in [0, 0.05) is 5.02 Å². The van der Waals surface area contributed by atoms with Crippen LogP contribution in [0, 0.1) is 5.92 Å². The van der Waals surface area contributed by atoms with Crippen molar-refractivity contribution in [2.45, 2.75) is 12.8 Å². The first-order chi connectivity index (χ1) is 7.70. The molecule has 4 heteroatoms. The van der Waals surface area contributed by atoms with Gasteiger partial charge in [-0.3, -0.25) is 0 Å². The van der Waals surface area contributed by atoms with Crippen molar-refractivity contribution in [2.24, 2.45) is 5.92 Å². The zero-order chi connectivity index (χ0) is 11.5. The van der Waals surface area contributed by atoms with Crippen molar-refractivity contribution in [1.29, 1.82) is 0 Å². The summed E-state index contributed by atoms with van der Waals surface area (Å²) < 4.78 is 10.3. The van der Waals surface area contributed by atoms with Crippen LogP contribution in [0.3, 0.4) is 0 Å². The molecule has 0 aliphatic heterocycles. The molecule has 0 aromatic heterocycles. The summed E-state index contributed by atoms with van der Waals surface area (Å²) in [4.78, 5) is 11.5. The summed E-state index contributed by atoms with van der Waals surface area (Å²) in [5.74, 6) is 0.734. The van der Waals surface area contributed by atoms with Crippen molar-refractivity contribution in [1.82, 2.24) is 0 Å². The van der Waals surface area contributed by atoms with Crippen LogP contribution in [0.5, 0.6) is 5.75 Å². The average Bonchev–Trinajstić information content (AvgIpc) is 3.09. The Balaban J connectivity index is 2.16. The third kappa shape index (κ3) is 2.67. The maximum absolute atomic E-state index is 11.5. The number of hydrogen-bond acceptors (Lipinski definition) is 3. The highest BCUT2D eigenvalue weighted by atomic mass is 35.5. The predicted molar refractivity (Wildman–Crippen MR) is 61.0 cm³/mol. The van der Waals surface area contributed by atoms with Gasteiger partial charge in [-0.05, 0) is 37.0 Å². The SMILES string of the molecule is COC(=O)c1ccc(Cl)cc1OCC1CC1. The zero-order valence-corrected chi connectivity index (χ0v) is 9.79. The number of benzene rings is 1. The Bertz CT molecular complexity index is 399. The van der Waals surface area contributed by atoms with E-state index in [0.717, 1.165) is 0 Å². The lowest BCUT2D eigenvalue weighted by Crippen LogP contribution is -2.07. The minimum Gasteiger partial charge on any atom is -0.492 e. The number of esters is 1. The molecule has 0 radical (unpaired) electrons. The summed E-state index contributed by atoms with van der Waals surface area (Å²) in [7, 11) is 1.35. The molecule has 0 atom stereocenters. The third-order valence-corrected chi connectivity index (χ3v) is 2.76. The van der Waals surface area contributed by atoms with Crippen LogP contribution in [0.25, 0.3) is 0 Å². The van der Waals surface area contributed by atoms with Crippen molar-refractivity contribution in [3.63, 3.8) is 0 Å². The number of methoxy groups -OCH3 is 1. The summed E-state index contributed by atoms with van der Waals surface area (Å²) in [6.07, 6.45) is 2.41. The Morgan fingerprint density at radius 3 is 2.88 bits per heavy atom. The van der Waals surface area contributed by atoms with Gasteiger partial charge in [0.25, 0.3) is 0 Å². The van der Waals surface area contributed by atoms with Gasteiger partial charge in [-0.1, -0.05) is 11.6 Å². The molecule has 0 saturated heterocycles. The molecule has 0 heterocycles. The summed E-state index contributed by atoms with van der Waals surface area (Å²) in [5, 5.41) is 0.554. The van der Waals surface area contributed by atoms with Gasteiger partial charge in [0.1, 0.15) is 11.3 Å². The third-order valence-electron chi connectivity index (χ3n) is 2.52. The second-order valence-corrected chi connectivity index (χ2v) is 4.32. The highest BCUT2D eigenvalue weighted by Gasteiger charge is 2.23. The van der Waals surface area contributed by atoms with Crippen LogP contribution in [0.15, 0.2) is 18.2 Å². The fraction of sp³-hybridized carbons (Fsp3) is 0.417. The molecule has 0 amide bonds. The molecule has 1 aliphatic rings. The molecule has 0 bridgehead atoms. The number of rotatable bonds is 4. The lowest BCUT2D eigenvalue weighted by molar-refractivity contribution is 0.0596. The van der Waals surface area contributed by atoms with E-state index in [-0.39, 0.29) is 0 Å². The molecule has 0 spiro atoms. The van der Waals surface area contributed by atoms with Crippen molar-refractivity contribution >= 4 is 17.6 Å². The van der Waals surface area contributed by atoms with Gasteiger partial charge in [0.15, 0.2) is 0 Å². The molecular formula is C12H13ClO3.